The minimum Gasteiger partial charge on any atom is -0.456 e. The molecule has 3 rings (SSSR count). The Morgan fingerprint density at radius 1 is 1.30 bits per heavy atom. The van der Waals surface area contributed by atoms with Crippen molar-refractivity contribution >= 4 is 11.0 Å². The molecule has 2 aromatic rings. The van der Waals surface area contributed by atoms with Crippen LogP contribution in [0.1, 0.15) is 44.4 Å². The van der Waals surface area contributed by atoms with E-state index in [1.165, 1.54) is 18.9 Å². The summed E-state index contributed by atoms with van der Waals surface area (Å²) in [6.45, 7) is 2.29. The van der Waals surface area contributed by atoms with Crippen LogP contribution in [-0.2, 0) is 0 Å². The Balaban J connectivity index is 1.89. The van der Waals surface area contributed by atoms with Crippen LogP contribution in [-0.4, -0.2) is 0 Å². The normalized spacial score (nSPS) is 24.9. The summed E-state index contributed by atoms with van der Waals surface area (Å²) in [6, 6.07) is 6.85. The van der Waals surface area contributed by atoms with Crippen molar-refractivity contribution in [2.75, 3.05) is 0 Å². The van der Waals surface area contributed by atoms with Crippen molar-refractivity contribution in [2.24, 2.45) is 17.7 Å². The first-order chi connectivity index (χ1) is 9.69. The van der Waals surface area contributed by atoms with Crippen molar-refractivity contribution in [2.45, 2.75) is 38.6 Å². The third-order valence-corrected chi connectivity index (χ3v) is 4.53. The molecule has 4 heteroatoms. The first-order valence-electron chi connectivity index (χ1n) is 7.33. The Morgan fingerprint density at radius 3 is 2.70 bits per heavy atom. The Bertz CT molecular complexity index is 587. The standard InChI is InChI=1S/C16H21FN2O/c1-10-5-7-11(8-6-10)15(19-18)14-9-12-3-2-4-13(17)16(12)20-14/h2-4,9-11,15,19H,5-8,18H2,1H3. The Kier molecular flexibility index (Phi) is 3.76. The van der Waals surface area contributed by atoms with Crippen LogP contribution >= 0.6 is 0 Å². The molecule has 1 atom stereocenters. The average molecular weight is 276 g/mol. The number of benzene rings is 1. The van der Waals surface area contributed by atoms with E-state index < -0.39 is 0 Å². The van der Waals surface area contributed by atoms with Gasteiger partial charge in [0.1, 0.15) is 5.76 Å². The van der Waals surface area contributed by atoms with Crippen LogP contribution < -0.4 is 11.3 Å². The molecule has 20 heavy (non-hydrogen) atoms. The number of hydrogen-bond donors (Lipinski definition) is 2. The number of hydrogen-bond acceptors (Lipinski definition) is 3. The minimum atomic E-state index is -0.318. The number of para-hydroxylation sites is 1. The van der Waals surface area contributed by atoms with E-state index in [1.54, 1.807) is 6.07 Å². The minimum absolute atomic E-state index is 0.0331. The molecule has 0 aliphatic heterocycles. The third-order valence-electron chi connectivity index (χ3n) is 4.53. The largest absolute Gasteiger partial charge is 0.456 e. The fourth-order valence-electron chi connectivity index (χ4n) is 3.27. The average Bonchev–Trinajstić information content (AvgIpc) is 2.87. The molecule has 1 saturated carbocycles. The van der Waals surface area contributed by atoms with Crippen molar-refractivity contribution < 1.29 is 8.81 Å². The van der Waals surface area contributed by atoms with Crippen molar-refractivity contribution in [3.8, 4) is 0 Å². The number of furan rings is 1. The molecule has 0 radical (unpaired) electrons. The maximum absolute atomic E-state index is 13.7. The maximum Gasteiger partial charge on any atom is 0.169 e. The molecule has 1 aromatic heterocycles. The van der Waals surface area contributed by atoms with Gasteiger partial charge in [0.05, 0.1) is 6.04 Å². The molecule has 1 fully saturated rings. The molecule has 0 spiro atoms. The van der Waals surface area contributed by atoms with Crippen molar-refractivity contribution in [1.82, 2.24) is 5.43 Å². The molecular formula is C16H21FN2O. The zero-order chi connectivity index (χ0) is 14.1. The zero-order valence-corrected chi connectivity index (χ0v) is 11.7. The molecule has 1 aliphatic rings. The lowest BCUT2D eigenvalue weighted by molar-refractivity contribution is 0.215. The summed E-state index contributed by atoms with van der Waals surface area (Å²) in [5.41, 5.74) is 3.19. The highest BCUT2D eigenvalue weighted by atomic mass is 19.1. The second kappa shape index (κ2) is 5.54. The van der Waals surface area contributed by atoms with Gasteiger partial charge < -0.3 is 4.42 Å². The van der Waals surface area contributed by atoms with Gasteiger partial charge in [0.15, 0.2) is 11.4 Å². The summed E-state index contributed by atoms with van der Waals surface area (Å²) < 4.78 is 19.4. The third kappa shape index (κ3) is 2.45. The fourth-order valence-corrected chi connectivity index (χ4v) is 3.27. The molecule has 1 aromatic carbocycles. The number of hydrazine groups is 1. The van der Waals surface area contributed by atoms with Gasteiger partial charge in [-0.05, 0) is 36.8 Å². The molecule has 0 saturated heterocycles. The lowest BCUT2D eigenvalue weighted by atomic mass is 9.79. The first kappa shape index (κ1) is 13.6. The van der Waals surface area contributed by atoms with Crippen molar-refractivity contribution in [3.05, 3.63) is 35.8 Å². The monoisotopic (exact) mass is 276 g/mol. The number of nitrogens with two attached hydrogens (primary N) is 1. The topological polar surface area (TPSA) is 51.2 Å². The summed E-state index contributed by atoms with van der Waals surface area (Å²) in [4.78, 5) is 0. The molecular weight excluding hydrogens is 255 g/mol. The van der Waals surface area contributed by atoms with Crippen LogP contribution in [0, 0.1) is 17.7 Å². The number of halogens is 1. The second-order valence-corrected chi connectivity index (χ2v) is 5.97. The van der Waals surface area contributed by atoms with Crippen molar-refractivity contribution in [1.29, 1.82) is 0 Å². The molecule has 0 amide bonds. The van der Waals surface area contributed by atoms with Crippen LogP contribution in [0.15, 0.2) is 28.7 Å². The summed E-state index contributed by atoms with van der Waals surface area (Å²) in [7, 11) is 0. The van der Waals surface area contributed by atoms with Crippen molar-refractivity contribution in [3.63, 3.8) is 0 Å². The molecule has 1 heterocycles. The Morgan fingerprint density at radius 2 is 2.05 bits per heavy atom. The van der Waals surface area contributed by atoms with Gasteiger partial charge in [-0.1, -0.05) is 31.9 Å². The highest BCUT2D eigenvalue weighted by Gasteiger charge is 2.29. The Labute approximate surface area is 118 Å². The molecule has 3 N–H and O–H groups in total. The predicted octanol–water partition coefficient (Wildman–Crippen LogP) is 3.90. The molecule has 3 nitrogen and oxygen atoms in total. The zero-order valence-electron chi connectivity index (χ0n) is 11.7. The highest BCUT2D eigenvalue weighted by Crippen LogP contribution is 2.38. The van der Waals surface area contributed by atoms with E-state index in [0.717, 1.165) is 29.9 Å². The molecule has 0 bridgehead atoms. The lowest BCUT2D eigenvalue weighted by Gasteiger charge is -2.31. The van der Waals surface area contributed by atoms with Gasteiger partial charge in [-0.15, -0.1) is 0 Å². The fraction of sp³-hybridized carbons (Fsp3) is 0.500. The first-order valence-corrected chi connectivity index (χ1v) is 7.33. The number of fused-ring (bicyclic) bond motifs is 1. The van der Waals surface area contributed by atoms with Crippen LogP contribution in [0.2, 0.25) is 0 Å². The van der Waals surface area contributed by atoms with E-state index in [2.05, 4.69) is 12.3 Å². The summed E-state index contributed by atoms with van der Waals surface area (Å²) >= 11 is 0. The number of nitrogens with one attached hydrogen (secondary N) is 1. The van der Waals surface area contributed by atoms with E-state index >= 15 is 0 Å². The van der Waals surface area contributed by atoms with Crippen LogP contribution in [0.3, 0.4) is 0 Å². The van der Waals surface area contributed by atoms with Gasteiger partial charge in [0, 0.05) is 5.39 Å². The Hall–Kier alpha value is -1.39. The summed E-state index contributed by atoms with van der Waals surface area (Å²) in [5, 5.41) is 0.796. The SMILES string of the molecule is CC1CCC(C(NN)c2cc3cccc(F)c3o2)CC1. The van der Waals surface area contributed by atoms with E-state index in [4.69, 9.17) is 10.3 Å². The van der Waals surface area contributed by atoms with Gasteiger partial charge in [0.25, 0.3) is 0 Å². The van der Waals surface area contributed by atoms with E-state index in [0.29, 0.717) is 11.5 Å². The predicted molar refractivity (Wildman–Crippen MR) is 77.4 cm³/mol. The highest BCUT2D eigenvalue weighted by molar-refractivity contribution is 5.78. The summed E-state index contributed by atoms with van der Waals surface area (Å²) in [5.74, 6) is 7.40. The van der Waals surface area contributed by atoms with Gasteiger partial charge in [-0.3, -0.25) is 5.84 Å². The molecule has 1 aliphatic carbocycles. The molecule has 1 unspecified atom stereocenters. The van der Waals surface area contributed by atoms with E-state index in [1.807, 2.05) is 12.1 Å². The smallest absolute Gasteiger partial charge is 0.169 e. The maximum atomic E-state index is 13.7. The van der Waals surface area contributed by atoms with E-state index in [9.17, 15) is 4.39 Å². The van der Waals surface area contributed by atoms with Crippen LogP contribution in [0.5, 0.6) is 0 Å². The van der Waals surface area contributed by atoms with Gasteiger partial charge in [-0.2, -0.15) is 0 Å². The van der Waals surface area contributed by atoms with Crippen LogP contribution in [0.25, 0.3) is 11.0 Å². The van der Waals surface area contributed by atoms with Crippen LogP contribution in [0.4, 0.5) is 4.39 Å². The van der Waals surface area contributed by atoms with E-state index in [-0.39, 0.29) is 11.9 Å². The van der Waals surface area contributed by atoms with Gasteiger partial charge in [-0.25, -0.2) is 9.82 Å². The lowest BCUT2D eigenvalue weighted by Crippen LogP contribution is -2.35. The number of rotatable bonds is 3. The van der Waals surface area contributed by atoms with Gasteiger partial charge in [0.2, 0.25) is 0 Å². The van der Waals surface area contributed by atoms with Gasteiger partial charge >= 0.3 is 0 Å². The summed E-state index contributed by atoms with van der Waals surface area (Å²) in [6.07, 6.45) is 4.71. The second-order valence-electron chi connectivity index (χ2n) is 5.97. The quantitative estimate of drug-likeness (QED) is 0.660. The molecule has 108 valence electrons.